The summed E-state index contributed by atoms with van der Waals surface area (Å²) in [6.07, 6.45) is 3.13. The molecule has 0 aliphatic heterocycles. The largest absolute Gasteiger partial charge is 0.478 e. The fraction of sp³-hybridized carbons (Fsp3) is 0.240. The van der Waals surface area contributed by atoms with E-state index in [0.717, 1.165) is 41.5 Å². The number of aliphatic carboxylic acids is 2. The Bertz CT molecular complexity index is 1120. The van der Waals surface area contributed by atoms with E-state index in [0.29, 0.717) is 18.7 Å². The molecular weight excluding hydrogens is 408 g/mol. The molecule has 1 aromatic heterocycles. The number of carboxylic acid groups (broad SMARTS) is 2. The van der Waals surface area contributed by atoms with Crippen LogP contribution in [-0.2, 0) is 16.1 Å². The van der Waals surface area contributed by atoms with Crippen molar-refractivity contribution in [3.8, 4) is 11.1 Å². The summed E-state index contributed by atoms with van der Waals surface area (Å²) in [4.78, 5) is 34.3. The number of benzene rings is 2. The normalized spacial score (nSPS) is 10.8. The van der Waals surface area contributed by atoms with Gasteiger partial charge in [-0.2, -0.15) is 0 Å². The van der Waals surface area contributed by atoms with Crippen molar-refractivity contribution >= 4 is 22.7 Å². The number of pyridine rings is 1. The average Bonchev–Trinajstić information content (AvgIpc) is 2.81. The van der Waals surface area contributed by atoms with Gasteiger partial charge in [-0.05, 0) is 30.1 Å². The summed E-state index contributed by atoms with van der Waals surface area (Å²) in [7, 11) is 0. The van der Waals surface area contributed by atoms with Gasteiger partial charge in [0.2, 0.25) is 0 Å². The monoisotopic (exact) mass is 436 g/mol. The van der Waals surface area contributed by atoms with Gasteiger partial charge in [-0.1, -0.05) is 62.4 Å². The molecule has 7 nitrogen and oxygen atoms in total. The highest BCUT2D eigenvalue weighted by Crippen LogP contribution is 2.26. The van der Waals surface area contributed by atoms with E-state index in [1.54, 1.807) is 0 Å². The molecule has 7 heteroatoms. The molecule has 2 aromatic carbocycles. The van der Waals surface area contributed by atoms with E-state index in [1.165, 1.54) is 0 Å². The van der Waals surface area contributed by atoms with Gasteiger partial charge in [-0.25, -0.2) is 9.59 Å². The Kier molecular flexibility index (Phi) is 9.38. The van der Waals surface area contributed by atoms with Gasteiger partial charge in [0.15, 0.2) is 0 Å². The van der Waals surface area contributed by atoms with Crippen LogP contribution in [0.5, 0.6) is 0 Å². The standard InChI is InChI=1S/C21H24N2O.C4H4O4/c1-3-22(4-2)14-15-23-16-20(17-10-6-5-7-11-17)18-12-8-9-13-19(18)21(23)24;5-3(6)1-2-4(7)8/h5-13,16H,3-4,14-15H2,1-2H3;1-2H,(H,5,6)(H,7,8)/b;2-1-. The van der Waals surface area contributed by atoms with Gasteiger partial charge >= 0.3 is 11.9 Å². The van der Waals surface area contributed by atoms with Crippen molar-refractivity contribution in [1.82, 2.24) is 9.47 Å². The van der Waals surface area contributed by atoms with E-state index < -0.39 is 11.9 Å². The molecule has 168 valence electrons. The van der Waals surface area contributed by atoms with Crippen molar-refractivity contribution in [3.05, 3.63) is 83.3 Å². The molecule has 0 bridgehead atoms. The highest BCUT2D eigenvalue weighted by molar-refractivity contribution is 5.95. The second-order valence-electron chi connectivity index (χ2n) is 6.99. The number of hydrogen-bond donors (Lipinski definition) is 2. The summed E-state index contributed by atoms with van der Waals surface area (Å²) in [6.45, 7) is 7.92. The van der Waals surface area contributed by atoms with E-state index in [-0.39, 0.29) is 5.56 Å². The molecule has 0 aliphatic carbocycles. The maximum atomic E-state index is 12.8. The number of carbonyl (C=O) groups is 2. The third-order valence-corrected chi connectivity index (χ3v) is 5.00. The maximum Gasteiger partial charge on any atom is 0.328 e. The Hall–Kier alpha value is -3.71. The van der Waals surface area contributed by atoms with Crippen LogP contribution in [0.25, 0.3) is 21.9 Å². The minimum absolute atomic E-state index is 0.0948. The van der Waals surface area contributed by atoms with Crippen LogP contribution in [0.15, 0.2) is 77.7 Å². The summed E-state index contributed by atoms with van der Waals surface area (Å²) in [5, 5.41) is 17.4. The van der Waals surface area contributed by atoms with Gasteiger partial charge in [0.25, 0.3) is 5.56 Å². The Labute approximate surface area is 186 Å². The second kappa shape index (κ2) is 12.2. The molecule has 0 atom stereocenters. The number of nitrogens with zero attached hydrogens (tertiary/aromatic N) is 2. The molecule has 3 rings (SSSR count). The number of fused-ring (bicyclic) bond motifs is 1. The van der Waals surface area contributed by atoms with Crippen LogP contribution in [0.1, 0.15) is 13.8 Å². The lowest BCUT2D eigenvalue weighted by Gasteiger charge is -2.19. The van der Waals surface area contributed by atoms with Crippen LogP contribution in [0, 0.1) is 0 Å². The highest BCUT2D eigenvalue weighted by Gasteiger charge is 2.10. The first-order valence-corrected chi connectivity index (χ1v) is 10.4. The lowest BCUT2D eigenvalue weighted by molar-refractivity contribution is -0.134. The van der Waals surface area contributed by atoms with E-state index >= 15 is 0 Å². The van der Waals surface area contributed by atoms with Crippen LogP contribution < -0.4 is 5.56 Å². The van der Waals surface area contributed by atoms with Gasteiger partial charge in [-0.3, -0.25) is 4.79 Å². The van der Waals surface area contributed by atoms with Crippen LogP contribution in [0.3, 0.4) is 0 Å². The second-order valence-corrected chi connectivity index (χ2v) is 6.99. The number of likely N-dealkylation sites (N-methyl/N-ethyl adjacent to an activating group) is 1. The SMILES string of the molecule is CCN(CC)CCn1cc(-c2ccccc2)c2ccccc2c1=O.O=C(O)/C=C\C(=O)O. The lowest BCUT2D eigenvalue weighted by Crippen LogP contribution is -2.30. The first-order valence-electron chi connectivity index (χ1n) is 10.4. The molecule has 0 saturated carbocycles. The van der Waals surface area contributed by atoms with E-state index in [2.05, 4.69) is 30.9 Å². The summed E-state index contributed by atoms with van der Waals surface area (Å²) in [6, 6.07) is 18.2. The molecule has 32 heavy (non-hydrogen) atoms. The third-order valence-electron chi connectivity index (χ3n) is 5.00. The molecule has 1 heterocycles. The Balaban J connectivity index is 0.000000390. The zero-order valence-corrected chi connectivity index (χ0v) is 18.3. The highest BCUT2D eigenvalue weighted by atomic mass is 16.4. The van der Waals surface area contributed by atoms with E-state index in [4.69, 9.17) is 10.2 Å². The third kappa shape index (κ3) is 6.92. The summed E-state index contributed by atoms with van der Waals surface area (Å²) >= 11 is 0. The Morgan fingerprint density at radius 2 is 1.41 bits per heavy atom. The van der Waals surface area contributed by atoms with Gasteiger partial charge in [0.1, 0.15) is 0 Å². The number of rotatable bonds is 8. The van der Waals surface area contributed by atoms with E-state index in [1.807, 2.05) is 53.2 Å². The van der Waals surface area contributed by atoms with Gasteiger partial charge < -0.3 is 19.7 Å². The van der Waals surface area contributed by atoms with Crippen LogP contribution in [0.4, 0.5) is 0 Å². The molecule has 0 amide bonds. The van der Waals surface area contributed by atoms with Crippen molar-refractivity contribution in [3.63, 3.8) is 0 Å². The zero-order valence-electron chi connectivity index (χ0n) is 18.3. The predicted octanol–water partition coefficient (Wildman–Crippen LogP) is 3.72. The average molecular weight is 437 g/mol. The van der Waals surface area contributed by atoms with Crippen molar-refractivity contribution < 1.29 is 19.8 Å². The quantitative estimate of drug-likeness (QED) is 0.522. The molecular formula is C25H28N2O5. The van der Waals surface area contributed by atoms with E-state index in [9.17, 15) is 14.4 Å². The Morgan fingerprint density at radius 3 is 1.94 bits per heavy atom. The van der Waals surface area contributed by atoms with Crippen LogP contribution in [0.2, 0.25) is 0 Å². The van der Waals surface area contributed by atoms with Crippen molar-refractivity contribution in [1.29, 1.82) is 0 Å². The first-order chi connectivity index (χ1) is 15.4. The van der Waals surface area contributed by atoms with Crippen molar-refractivity contribution in [2.45, 2.75) is 20.4 Å². The number of aromatic nitrogens is 1. The van der Waals surface area contributed by atoms with Gasteiger partial charge in [-0.15, -0.1) is 0 Å². The summed E-state index contributed by atoms with van der Waals surface area (Å²) < 4.78 is 1.86. The minimum atomic E-state index is -1.26. The summed E-state index contributed by atoms with van der Waals surface area (Å²) in [5.74, 6) is -2.51. The first kappa shape index (κ1) is 24.6. The molecule has 3 aromatic rings. The van der Waals surface area contributed by atoms with Crippen LogP contribution >= 0.6 is 0 Å². The number of hydrogen-bond acceptors (Lipinski definition) is 4. The molecule has 0 spiro atoms. The molecule has 0 unspecified atom stereocenters. The smallest absolute Gasteiger partial charge is 0.328 e. The predicted molar refractivity (Wildman–Crippen MR) is 126 cm³/mol. The van der Waals surface area contributed by atoms with Gasteiger partial charge in [0, 0.05) is 42.4 Å². The topological polar surface area (TPSA) is 99.8 Å². The minimum Gasteiger partial charge on any atom is -0.478 e. The number of carboxylic acids is 2. The lowest BCUT2D eigenvalue weighted by atomic mass is 10.0. The maximum absolute atomic E-state index is 12.8. The van der Waals surface area contributed by atoms with Crippen molar-refractivity contribution in [2.24, 2.45) is 0 Å². The zero-order chi connectivity index (χ0) is 23.5. The molecule has 0 fully saturated rings. The van der Waals surface area contributed by atoms with Crippen molar-refractivity contribution in [2.75, 3.05) is 19.6 Å². The van der Waals surface area contributed by atoms with Crippen LogP contribution in [-0.4, -0.2) is 51.3 Å². The van der Waals surface area contributed by atoms with Gasteiger partial charge in [0.05, 0.1) is 0 Å². The fourth-order valence-corrected chi connectivity index (χ4v) is 3.29. The molecule has 0 radical (unpaired) electrons. The molecule has 0 saturated heterocycles. The fourth-order valence-electron chi connectivity index (χ4n) is 3.29. The molecule has 0 aliphatic rings. The Morgan fingerprint density at radius 1 is 0.875 bits per heavy atom. The molecule has 2 N–H and O–H groups in total. The summed E-state index contributed by atoms with van der Waals surface area (Å²) in [5.41, 5.74) is 2.35.